The quantitative estimate of drug-likeness (QED) is 0.526. The molecule has 0 spiro atoms. The molecule has 1 unspecified atom stereocenters. The van der Waals surface area contributed by atoms with E-state index in [1.807, 2.05) is 0 Å². The normalized spacial score (nSPS) is 12.0. The van der Waals surface area contributed by atoms with Crippen molar-refractivity contribution in [2.75, 3.05) is 11.5 Å². The van der Waals surface area contributed by atoms with Crippen LogP contribution >= 0.6 is 11.8 Å². The first-order valence-electron chi connectivity index (χ1n) is 4.92. The maximum Gasteiger partial charge on any atom is 0.307 e. The van der Waals surface area contributed by atoms with Crippen LogP contribution in [0.4, 0.5) is 5.69 Å². The van der Waals surface area contributed by atoms with Gasteiger partial charge in [-0.25, -0.2) is 0 Å². The molecule has 0 aliphatic rings. The first-order valence-corrected chi connectivity index (χ1v) is 5.91. The van der Waals surface area contributed by atoms with Gasteiger partial charge in [-0.05, 0) is 12.1 Å². The number of nitrogens with two attached hydrogens (primary N) is 1. The Balaban J connectivity index is 2.61. The number of carboxylic acid groups (broad SMARTS) is 2. The second-order valence-electron chi connectivity index (χ2n) is 3.48. The molecule has 1 aromatic rings. The molecule has 0 saturated carbocycles. The van der Waals surface area contributed by atoms with E-state index in [1.54, 1.807) is 24.3 Å². The summed E-state index contributed by atoms with van der Waals surface area (Å²) in [7, 11) is 0. The number of carbonyl (C=O) groups is 2. The van der Waals surface area contributed by atoms with Crippen LogP contribution in [-0.4, -0.2) is 27.9 Å². The van der Waals surface area contributed by atoms with Gasteiger partial charge in [0, 0.05) is 16.3 Å². The summed E-state index contributed by atoms with van der Waals surface area (Å²) in [6.07, 6.45) is -0.380. The topological polar surface area (TPSA) is 101 Å². The van der Waals surface area contributed by atoms with Gasteiger partial charge in [0.2, 0.25) is 0 Å². The Morgan fingerprint density at radius 3 is 2.47 bits per heavy atom. The summed E-state index contributed by atoms with van der Waals surface area (Å²) >= 11 is 1.26. The smallest absolute Gasteiger partial charge is 0.307 e. The predicted molar refractivity (Wildman–Crippen MR) is 65.0 cm³/mol. The van der Waals surface area contributed by atoms with E-state index in [-0.39, 0.29) is 12.2 Å². The molecule has 0 bridgehead atoms. The van der Waals surface area contributed by atoms with Gasteiger partial charge in [-0.15, -0.1) is 11.8 Å². The van der Waals surface area contributed by atoms with Crippen molar-refractivity contribution in [1.29, 1.82) is 0 Å². The highest BCUT2D eigenvalue weighted by atomic mass is 32.2. The maximum absolute atomic E-state index is 10.8. The molecule has 0 aliphatic heterocycles. The number of benzene rings is 1. The average Bonchev–Trinajstić information content (AvgIpc) is 2.25. The van der Waals surface area contributed by atoms with E-state index < -0.39 is 17.9 Å². The molecule has 6 heteroatoms. The molecule has 0 amide bonds. The molecule has 0 radical (unpaired) electrons. The monoisotopic (exact) mass is 255 g/mol. The third-order valence-electron chi connectivity index (χ3n) is 2.13. The van der Waals surface area contributed by atoms with Crippen molar-refractivity contribution in [2.24, 2.45) is 5.92 Å². The molecule has 0 aromatic heterocycles. The van der Waals surface area contributed by atoms with Crippen molar-refractivity contribution in [3.05, 3.63) is 24.3 Å². The zero-order valence-corrected chi connectivity index (χ0v) is 9.81. The first kappa shape index (κ1) is 13.4. The minimum atomic E-state index is -1.11. The van der Waals surface area contributed by atoms with Gasteiger partial charge in [-0.2, -0.15) is 0 Å². The predicted octanol–water partition coefficient (Wildman–Crippen LogP) is 1.54. The van der Waals surface area contributed by atoms with Gasteiger partial charge in [-0.3, -0.25) is 9.59 Å². The number of para-hydroxylation sites is 1. The summed E-state index contributed by atoms with van der Waals surface area (Å²) in [5, 5.41) is 17.4. The molecule has 1 atom stereocenters. The number of anilines is 1. The number of hydrogen-bond donors (Lipinski definition) is 3. The second-order valence-corrected chi connectivity index (χ2v) is 4.54. The standard InChI is InChI=1S/C11H13NO4S/c12-8-3-1-2-4-9(8)17-6-7(11(15)16)5-10(13)14/h1-4,7H,5-6,12H2,(H,13,14)(H,15,16). The van der Waals surface area contributed by atoms with Crippen LogP contribution in [0.15, 0.2) is 29.2 Å². The van der Waals surface area contributed by atoms with Crippen molar-refractivity contribution >= 4 is 29.4 Å². The number of thioether (sulfide) groups is 1. The first-order chi connectivity index (χ1) is 8.00. The van der Waals surface area contributed by atoms with Gasteiger partial charge in [-0.1, -0.05) is 12.1 Å². The van der Waals surface area contributed by atoms with Crippen LogP contribution in [0.3, 0.4) is 0 Å². The van der Waals surface area contributed by atoms with Gasteiger partial charge in [0.25, 0.3) is 0 Å². The SMILES string of the molecule is Nc1ccccc1SCC(CC(=O)O)C(=O)O. The number of aliphatic carboxylic acids is 2. The number of rotatable bonds is 6. The molecule has 0 aliphatic carbocycles. The van der Waals surface area contributed by atoms with E-state index in [0.29, 0.717) is 5.69 Å². The third-order valence-corrected chi connectivity index (χ3v) is 3.38. The summed E-state index contributed by atoms with van der Waals surface area (Å²) in [5.41, 5.74) is 6.27. The van der Waals surface area contributed by atoms with Crippen LogP contribution in [-0.2, 0) is 9.59 Å². The Labute approximate surface area is 103 Å². The average molecular weight is 255 g/mol. The minimum absolute atomic E-state index is 0.190. The summed E-state index contributed by atoms with van der Waals surface area (Å²) in [4.78, 5) is 22.1. The molecule has 1 rings (SSSR count). The van der Waals surface area contributed by atoms with Crippen LogP contribution in [0.5, 0.6) is 0 Å². The van der Waals surface area contributed by atoms with E-state index in [0.717, 1.165) is 4.90 Å². The fourth-order valence-electron chi connectivity index (χ4n) is 1.23. The Hall–Kier alpha value is -1.69. The molecule has 0 fully saturated rings. The van der Waals surface area contributed by atoms with Gasteiger partial charge >= 0.3 is 11.9 Å². The van der Waals surface area contributed by atoms with E-state index in [2.05, 4.69) is 0 Å². The van der Waals surface area contributed by atoms with Crippen molar-refractivity contribution in [3.63, 3.8) is 0 Å². The second kappa shape index (κ2) is 6.15. The lowest BCUT2D eigenvalue weighted by atomic mass is 10.1. The summed E-state index contributed by atoms with van der Waals surface area (Å²) in [5.74, 6) is -2.93. The van der Waals surface area contributed by atoms with Crippen molar-refractivity contribution in [3.8, 4) is 0 Å². The number of nitrogen functional groups attached to an aromatic ring is 1. The number of carboxylic acids is 2. The highest BCUT2D eigenvalue weighted by Crippen LogP contribution is 2.27. The van der Waals surface area contributed by atoms with Crippen LogP contribution in [0, 0.1) is 5.92 Å². The van der Waals surface area contributed by atoms with Crippen LogP contribution in [0.1, 0.15) is 6.42 Å². The van der Waals surface area contributed by atoms with Gasteiger partial charge < -0.3 is 15.9 Å². The molecule has 0 heterocycles. The third kappa shape index (κ3) is 4.36. The maximum atomic E-state index is 10.8. The molecule has 17 heavy (non-hydrogen) atoms. The van der Waals surface area contributed by atoms with Crippen molar-refractivity contribution in [2.45, 2.75) is 11.3 Å². The Morgan fingerprint density at radius 2 is 1.94 bits per heavy atom. The molecule has 1 aromatic carbocycles. The summed E-state index contributed by atoms with van der Waals surface area (Å²) in [6.45, 7) is 0. The number of hydrogen-bond acceptors (Lipinski definition) is 4. The Bertz CT molecular complexity index is 422. The van der Waals surface area contributed by atoms with E-state index in [4.69, 9.17) is 15.9 Å². The van der Waals surface area contributed by atoms with Gasteiger partial charge in [0.05, 0.1) is 12.3 Å². The highest BCUT2D eigenvalue weighted by Gasteiger charge is 2.21. The van der Waals surface area contributed by atoms with Crippen LogP contribution in [0.2, 0.25) is 0 Å². The van der Waals surface area contributed by atoms with Crippen molar-refractivity contribution < 1.29 is 19.8 Å². The zero-order valence-electron chi connectivity index (χ0n) is 9.00. The zero-order chi connectivity index (χ0) is 12.8. The Kier molecular flexibility index (Phi) is 4.84. The van der Waals surface area contributed by atoms with Crippen molar-refractivity contribution in [1.82, 2.24) is 0 Å². The van der Waals surface area contributed by atoms with Gasteiger partial charge in [0.1, 0.15) is 0 Å². The molecule has 5 nitrogen and oxygen atoms in total. The lowest BCUT2D eigenvalue weighted by Gasteiger charge is -2.10. The summed E-state index contributed by atoms with van der Waals surface area (Å²) < 4.78 is 0. The molecule has 92 valence electrons. The Morgan fingerprint density at radius 1 is 1.29 bits per heavy atom. The molecular formula is C11H13NO4S. The lowest BCUT2D eigenvalue weighted by molar-refractivity contribution is -0.147. The highest BCUT2D eigenvalue weighted by molar-refractivity contribution is 7.99. The fourth-order valence-corrected chi connectivity index (χ4v) is 2.28. The fraction of sp³-hybridized carbons (Fsp3) is 0.273. The van der Waals surface area contributed by atoms with E-state index >= 15 is 0 Å². The molecule has 4 N–H and O–H groups in total. The summed E-state index contributed by atoms with van der Waals surface area (Å²) in [6, 6.07) is 7.08. The van der Waals surface area contributed by atoms with Crippen LogP contribution in [0.25, 0.3) is 0 Å². The van der Waals surface area contributed by atoms with E-state index in [9.17, 15) is 9.59 Å². The van der Waals surface area contributed by atoms with Gasteiger partial charge in [0.15, 0.2) is 0 Å². The largest absolute Gasteiger partial charge is 0.481 e. The van der Waals surface area contributed by atoms with E-state index in [1.165, 1.54) is 11.8 Å². The molecular weight excluding hydrogens is 242 g/mol. The molecule has 0 saturated heterocycles. The van der Waals surface area contributed by atoms with Crippen LogP contribution < -0.4 is 5.73 Å². The lowest BCUT2D eigenvalue weighted by Crippen LogP contribution is -2.20. The minimum Gasteiger partial charge on any atom is -0.481 e.